The number of carbonyl (C=O) groups is 1. The molecule has 6 nitrogen and oxygen atoms in total. The third-order valence-electron chi connectivity index (χ3n) is 0.484. The van der Waals surface area contributed by atoms with E-state index in [2.05, 4.69) is 13.2 Å². The van der Waals surface area contributed by atoms with E-state index in [0.29, 0.717) is 11.1 Å². The average Bonchev–Trinajstić information content (AvgIpc) is 2.32. The quantitative estimate of drug-likeness (QED) is 0.436. The number of aliphatic hydroxyl groups is 1. The maximum atomic E-state index is 9.28. The molecule has 0 bridgehead atoms. The van der Waals surface area contributed by atoms with Crippen LogP contribution < -0.4 is 0 Å². The van der Waals surface area contributed by atoms with E-state index in [1.807, 2.05) is 0 Å². The molecule has 0 aromatic carbocycles. The first kappa shape index (κ1) is 24.8. The molecule has 0 saturated carbocycles. The van der Waals surface area contributed by atoms with Crippen molar-refractivity contribution in [3.8, 4) is 0 Å². The molecule has 94 valence electrons. The van der Waals surface area contributed by atoms with Gasteiger partial charge in [0.2, 0.25) is 0 Å². The van der Waals surface area contributed by atoms with Crippen LogP contribution in [0, 0.1) is 0 Å². The molecule has 0 saturated heterocycles. The molecular weight excluding hydrogens is 264 g/mol. The van der Waals surface area contributed by atoms with Gasteiger partial charge in [-0.25, -0.2) is 18.0 Å². The first-order chi connectivity index (χ1) is 7.81. The van der Waals surface area contributed by atoms with Crippen LogP contribution in [-0.2, 0) is 38.1 Å². The fourth-order valence-corrected chi connectivity index (χ4v) is 0. The van der Waals surface area contributed by atoms with Crippen LogP contribution in [0.1, 0.15) is 13.8 Å². The minimum absolute atomic E-state index is 0.449. The standard InChI is InChI=1S/2C4H5O.C2H4O3.O.Ti/c2*1-4(2)3-5;3-1-2(4)5;;/h2*1H2,2H3;3H,1H2,(H,4,5);;/q2*-1;;;+2. The van der Waals surface area contributed by atoms with E-state index in [-0.39, 0.29) is 0 Å². The molecular formula is C10H14O6Ti. The van der Waals surface area contributed by atoms with Crippen molar-refractivity contribution >= 4 is 18.5 Å². The number of allylic oxidation sites excluding steroid dienone is 2. The third-order valence-corrected chi connectivity index (χ3v) is 0.484. The summed E-state index contributed by atoms with van der Waals surface area (Å²) in [6.07, 6.45) is 3.17. The van der Waals surface area contributed by atoms with Gasteiger partial charge in [-0.15, -0.1) is 0 Å². The van der Waals surface area contributed by atoms with E-state index in [1.54, 1.807) is 26.4 Å². The van der Waals surface area contributed by atoms with Gasteiger partial charge in [-0.1, -0.05) is 13.8 Å². The Hall–Kier alpha value is -1.24. The van der Waals surface area contributed by atoms with Crippen LogP contribution >= 0.6 is 0 Å². The summed E-state index contributed by atoms with van der Waals surface area (Å²) in [4.78, 5) is 27.7. The van der Waals surface area contributed by atoms with E-state index < -0.39 is 12.6 Å². The molecule has 7 heteroatoms. The summed E-state index contributed by atoms with van der Waals surface area (Å²) in [5.74, 6) is -1.19. The number of aliphatic hydroxyl groups excluding tert-OH is 1. The number of hydrogen-bond donors (Lipinski definition) is 2. The summed E-state index contributed by atoms with van der Waals surface area (Å²) in [6.45, 7) is 8.93. The van der Waals surface area contributed by atoms with Crippen molar-refractivity contribution in [2.24, 2.45) is 0 Å². The van der Waals surface area contributed by atoms with Gasteiger partial charge in [0.1, 0.15) is 6.61 Å². The van der Waals surface area contributed by atoms with E-state index in [9.17, 15) is 9.59 Å². The van der Waals surface area contributed by atoms with E-state index in [0.717, 1.165) is 20.4 Å². The van der Waals surface area contributed by atoms with Crippen molar-refractivity contribution in [2.45, 2.75) is 13.8 Å². The van der Waals surface area contributed by atoms with E-state index >= 15 is 0 Å². The van der Waals surface area contributed by atoms with Gasteiger partial charge in [0.15, 0.2) is 0 Å². The molecule has 0 rings (SSSR count). The second kappa shape index (κ2) is 24.1. The first-order valence-electron chi connectivity index (χ1n) is 3.92. The van der Waals surface area contributed by atoms with Crippen molar-refractivity contribution in [3.63, 3.8) is 0 Å². The first-order valence-corrected chi connectivity index (χ1v) is 4.55. The predicted octanol–water partition coefficient (Wildman–Crippen LogP) is 0.286. The van der Waals surface area contributed by atoms with Crippen molar-refractivity contribution in [1.29, 1.82) is 0 Å². The molecule has 0 fully saturated rings. The molecule has 0 aliphatic carbocycles. The van der Waals surface area contributed by atoms with Crippen molar-refractivity contribution in [1.82, 2.24) is 0 Å². The Labute approximate surface area is 112 Å². The SMILES string of the molecule is C=C(C)[C-]=O.C=C(C)[C-]=O.O=C(O)CO.[O]=[Ti+2]. The average molecular weight is 278 g/mol. The number of carboxylic acids is 1. The van der Waals surface area contributed by atoms with Gasteiger partial charge in [0, 0.05) is 0 Å². The number of carbonyl (C=O) groups excluding carboxylic acids is 2. The number of aliphatic carboxylic acids is 1. The fourth-order valence-electron chi connectivity index (χ4n) is 0. The van der Waals surface area contributed by atoms with Crippen LogP contribution in [0.25, 0.3) is 0 Å². The minimum atomic E-state index is -1.19. The Morgan fingerprint density at radius 1 is 1.12 bits per heavy atom. The molecule has 0 radical (unpaired) electrons. The van der Waals surface area contributed by atoms with E-state index in [1.165, 1.54) is 0 Å². The van der Waals surface area contributed by atoms with Crippen LogP contribution in [-0.4, -0.2) is 35.4 Å². The van der Waals surface area contributed by atoms with Gasteiger partial charge >= 0.3 is 29.7 Å². The van der Waals surface area contributed by atoms with Crippen LogP contribution in [0.4, 0.5) is 0 Å². The molecule has 0 aromatic heterocycles. The molecule has 0 spiro atoms. The van der Waals surface area contributed by atoms with Crippen LogP contribution in [0.3, 0.4) is 0 Å². The zero-order valence-corrected chi connectivity index (χ0v) is 11.2. The molecule has 0 aliphatic rings. The Kier molecular flexibility index (Phi) is 35.3. The third kappa shape index (κ3) is 106. The monoisotopic (exact) mass is 278 g/mol. The molecule has 17 heavy (non-hydrogen) atoms. The van der Waals surface area contributed by atoms with Gasteiger partial charge in [-0.05, 0) is 12.6 Å². The van der Waals surface area contributed by atoms with Crippen molar-refractivity contribution < 1.29 is 48.3 Å². The van der Waals surface area contributed by atoms with E-state index in [4.69, 9.17) is 18.3 Å². The zero-order valence-electron chi connectivity index (χ0n) is 9.65. The van der Waals surface area contributed by atoms with Crippen LogP contribution in [0.15, 0.2) is 24.3 Å². The number of carboxylic acid groups (broad SMARTS) is 1. The predicted molar refractivity (Wildman–Crippen MR) is 56.4 cm³/mol. The van der Waals surface area contributed by atoms with Crippen LogP contribution in [0.2, 0.25) is 0 Å². The fraction of sp³-hybridized carbons (Fsp3) is 0.300. The molecule has 0 atom stereocenters. The second-order valence-electron chi connectivity index (χ2n) is 2.32. The summed E-state index contributed by atoms with van der Waals surface area (Å²) in [7, 11) is 0. The Morgan fingerprint density at radius 3 is 1.24 bits per heavy atom. The van der Waals surface area contributed by atoms with Crippen molar-refractivity contribution in [2.75, 3.05) is 6.61 Å². The van der Waals surface area contributed by atoms with Gasteiger partial charge in [0.25, 0.3) is 0 Å². The summed E-state index contributed by atoms with van der Waals surface area (Å²) < 4.78 is 8.25. The molecule has 0 heterocycles. The molecule has 2 N–H and O–H groups in total. The number of rotatable bonds is 3. The van der Waals surface area contributed by atoms with Gasteiger partial charge in [0.05, 0.1) is 0 Å². The summed E-state index contributed by atoms with van der Waals surface area (Å²) in [5, 5.41) is 15.0. The summed E-state index contributed by atoms with van der Waals surface area (Å²) in [6, 6.07) is 0. The normalized spacial score (nSPS) is 6.41. The van der Waals surface area contributed by atoms with Crippen molar-refractivity contribution in [3.05, 3.63) is 24.3 Å². The zero-order chi connectivity index (χ0) is 14.9. The molecule has 0 aliphatic heterocycles. The topological polar surface area (TPSA) is 109 Å². The maximum absolute atomic E-state index is 9.28. The number of hydrogen-bond acceptors (Lipinski definition) is 5. The second-order valence-corrected chi connectivity index (χ2v) is 2.32. The Morgan fingerprint density at radius 2 is 1.24 bits per heavy atom. The Bertz CT molecular complexity index is 231. The van der Waals surface area contributed by atoms with Gasteiger partial charge in [-0.2, -0.15) is 11.1 Å². The summed E-state index contributed by atoms with van der Waals surface area (Å²) >= 11 is 0.750. The molecule has 0 unspecified atom stereocenters. The summed E-state index contributed by atoms with van der Waals surface area (Å²) in [5.41, 5.74) is 0.898. The molecule has 0 amide bonds. The van der Waals surface area contributed by atoms with Gasteiger partial charge in [-0.3, -0.25) is 0 Å². The van der Waals surface area contributed by atoms with Gasteiger partial charge < -0.3 is 19.8 Å². The Balaban J connectivity index is -0.0000000693. The van der Waals surface area contributed by atoms with Crippen LogP contribution in [0.5, 0.6) is 0 Å². The molecule has 0 aromatic rings.